The molecule has 4 aliphatic rings. The van der Waals surface area contributed by atoms with Crippen LogP contribution in [-0.4, -0.2) is 55.5 Å². The maximum Gasteiger partial charge on any atom is 0.344 e. The van der Waals surface area contributed by atoms with Crippen molar-refractivity contribution in [3.63, 3.8) is 0 Å². The predicted octanol–water partition coefficient (Wildman–Crippen LogP) is 4.64. The third-order valence-corrected chi connectivity index (χ3v) is 10.6. The van der Waals surface area contributed by atoms with Crippen molar-refractivity contribution in [3.05, 3.63) is 0 Å². The molecule has 0 bridgehead atoms. The van der Waals surface area contributed by atoms with E-state index in [9.17, 15) is 14.4 Å². The highest BCUT2D eigenvalue weighted by Gasteiger charge is 2.61. The van der Waals surface area contributed by atoms with Crippen LogP contribution in [0.5, 0.6) is 0 Å². The molecule has 0 saturated heterocycles. The molecule has 34 heavy (non-hydrogen) atoms. The van der Waals surface area contributed by atoms with Crippen LogP contribution in [0.3, 0.4) is 0 Å². The first-order valence-electron chi connectivity index (χ1n) is 13.4. The fraction of sp³-hybridized carbons (Fsp3) is 0.893. The molecule has 4 saturated carbocycles. The Morgan fingerprint density at radius 1 is 0.853 bits per heavy atom. The highest BCUT2D eigenvalue weighted by Crippen LogP contribution is 2.68. The standard InChI is InChI=1S/C28H45NO5/c1-18(30)21-9-10-22-20-8-7-19-15-26(2,34-25(32)17-33-24(31)16-29(5)6)13-14-27(19,3)23(20)11-12-28(21,22)4/h19-23H,7-17H2,1-6H3/t19-,20-,21+,22-,23-,26+,27-,28+/m0/s1. The summed E-state index contributed by atoms with van der Waals surface area (Å²) in [5.41, 5.74) is -0.0140. The first-order valence-corrected chi connectivity index (χ1v) is 13.4. The summed E-state index contributed by atoms with van der Waals surface area (Å²) in [5, 5.41) is 0. The smallest absolute Gasteiger partial charge is 0.344 e. The number of rotatable bonds is 6. The minimum absolute atomic E-state index is 0.154. The van der Waals surface area contributed by atoms with Gasteiger partial charge in [0, 0.05) is 5.92 Å². The highest BCUT2D eigenvalue weighted by atomic mass is 16.6. The van der Waals surface area contributed by atoms with Gasteiger partial charge in [-0.2, -0.15) is 0 Å². The van der Waals surface area contributed by atoms with E-state index in [0.717, 1.165) is 31.6 Å². The van der Waals surface area contributed by atoms with E-state index in [2.05, 4.69) is 20.8 Å². The second-order valence-corrected chi connectivity index (χ2v) is 13.0. The van der Waals surface area contributed by atoms with Crippen LogP contribution in [0.2, 0.25) is 0 Å². The quantitative estimate of drug-likeness (QED) is 0.521. The molecule has 4 fully saturated rings. The SMILES string of the molecule is CC(=O)[C@H]1CC[C@H]2[C@@H]3CC[C@H]4C[C@](C)(OC(=O)COC(=O)CN(C)C)CC[C@]4(C)[C@H]3CC[C@]12C. The molecule has 6 heteroatoms. The van der Waals surface area contributed by atoms with Crippen LogP contribution in [0.4, 0.5) is 0 Å². The van der Waals surface area contributed by atoms with Crippen molar-refractivity contribution in [2.45, 2.75) is 91.1 Å². The van der Waals surface area contributed by atoms with Crippen LogP contribution in [0.1, 0.15) is 85.5 Å². The lowest BCUT2D eigenvalue weighted by Gasteiger charge is -2.62. The second-order valence-electron chi connectivity index (χ2n) is 13.0. The Balaban J connectivity index is 1.39. The van der Waals surface area contributed by atoms with Gasteiger partial charge in [0.1, 0.15) is 11.4 Å². The van der Waals surface area contributed by atoms with Gasteiger partial charge in [0.15, 0.2) is 6.61 Å². The molecule has 0 heterocycles. The molecule has 0 unspecified atom stereocenters. The van der Waals surface area contributed by atoms with Gasteiger partial charge in [-0.1, -0.05) is 13.8 Å². The number of likely N-dealkylation sites (N-methyl/N-ethyl adjacent to an activating group) is 1. The summed E-state index contributed by atoms with van der Waals surface area (Å²) < 4.78 is 11.0. The van der Waals surface area contributed by atoms with E-state index in [1.165, 1.54) is 32.1 Å². The summed E-state index contributed by atoms with van der Waals surface area (Å²) >= 11 is 0. The number of ketones is 1. The number of carbonyl (C=O) groups excluding carboxylic acids is 3. The van der Waals surface area contributed by atoms with Gasteiger partial charge in [-0.05, 0) is 120 Å². The predicted molar refractivity (Wildman–Crippen MR) is 130 cm³/mol. The Kier molecular flexibility index (Phi) is 6.96. The van der Waals surface area contributed by atoms with Gasteiger partial charge in [-0.3, -0.25) is 14.5 Å². The Morgan fingerprint density at radius 3 is 2.24 bits per heavy atom. The molecule has 0 aromatic carbocycles. The number of carbonyl (C=O) groups is 3. The van der Waals surface area contributed by atoms with Crippen molar-refractivity contribution in [2.75, 3.05) is 27.2 Å². The molecular formula is C28H45NO5. The lowest BCUT2D eigenvalue weighted by atomic mass is 9.44. The Hall–Kier alpha value is -1.43. The number of hydrogen-bond acceptors (Lipinski definition) is 6. The maximum absolute atomic E-state index is 12.5. The lowest BCUT2D eigenvalue weighted by Crippen LogP contribution is -2.56. The Bertz CT molecular complexity index is 826. The average molecular weight is 476 g/mol. The second kappa shape index (κ2) is 9.22. The van der Waals surface area contributed by atoms with E-state index < -0.39 is 17.5 Å². The van der Waals surface area contributed by atoms with E-state index in [4.69, 9.17) is 9.47 Å². The molecule has 0 N–H and O–H groups in total. The number of fused-ring (bicyclic) bond motifs is 5. The van der Waals surface area contributed by atoms with Gasteiger partial charge < -0.3 is 9.47 Å². The largest absolute Gasteiger partial charge is 0.457 e. The van der Waals surface area contributed by atoms with Gasteiger partial charge in [0.05, 0.1) is 6.54 Å². The van der Waals surface area contributed by atoms with Crippen molar-refractivity contribution < 1.29 is 23.9 Å². The number of hydrogen-bond donors (Lipinski definition) is 0. The van der Waals surface area contributed by atoms with Crippen molar-refractivity contribution >= 4 is 17.7 Å². The first-order chi connectivity index (χ1) is 15.9. The summed E-state index contributed by atoms with van der Waals surface area (Å²) in [4.78, 5) is 38.3. The number of nitrogens with zero attached hydrogens (tertiary/aromatic N) is 1. The van der Waals surface area contributed by atoms with Crippen LogP contribution in [0.25, 0.3) is 0 Å². The van der Waals surface area contributed by atoms with E-state index in [0.29, 0.717) is 23.5 Å². The van der Waals surface area contributed by atoms with Crippen molar-refractivity contribution in [1.82, 2.24) is 4.90 Å². The van der Waals surface area contributed by atoms with Crippen LogP contribution >= 0.6 is 0 Å². The zero-order chi connectivity index (χ0) is 24.9. The molecular weight excluding hydrogens is 430 g/mol. The lowest BCUT2D eigenvalue weighted by molar-refractivity contribution is -0.186. The fourth-order valence-electron chi connectivity index (χ4n) is 8.92. The summed E-state index contributed by atoms with van der Waals surface area (Å²) in [5.74, 6) is 2.46. The molecule has 4 aliphatic carbocycles. The van der Waals surface area contributed by atoms with E-state index in [1.54, 1.807) is 25.9 Å². The van der Waals surface area contributed by atoms with Gasteiger partial charge in [0.2, 0.25) is 0 Å². The van der Waals surface area contributed by atoms with Crippen LogP contribution in [0, 0.1) is 40.4 Å². The molecule has 4 rings (SSSR count). The first kappa shape index (κ1) is 25.7. The molecule has 8 atom stereocenters. The average Bonchev–Trinajstić information content (AvgIpc) is 3.10. The van der Waals surface area contributed by atoms with Gasteiger partial charge in [-0.15, -0.1) is 0 Å². The zero-order valence-electron chi connectivity index (χ0n) is 22.2. The summed E-state index contributed by atoms with van der Waals surface area (Å²) in [6.07, 6.45) is 9.94. The van der Waals surface area contributed by atoms with Crippen LogP contribution < -0.4 is 0 Å². The zero-order valence-corrected chi connectivity index (χ0v) is 22.2. The molecule has 0 aromatic heterocycles. The fourth-order valence-corrected chi connectivity index (χ4v) is 8.92. The summed E-state index contributed by atoms with van der Waals surface area (Å²) in [6, 6.07) is 0. The highest BCUT2D eigenvalue weighted by molar-refractivity contribution is 5.79. The van der Waals surface area contributed by atoms with E-state index >= 15 is 0 Å². The third kappa shape index (κ3) is 4.56. The Labute approximate surface area is 205 Å². The Morgan fingerprint density at radius 2 is 1.56 bits per heavy atom. The van der Waals surface area contributed by atoms with Gasteiger partial charge in [0.25, 0.3) is 0 Å². The molecule has 0 aromatic rings. The number of esters is 2. The summed E-state index contributed by atoms with van der Waals surface area (Å²) in [7, 11) is 3.57. The molecule has 6 nitrogen and oxygen atoms in total. The molecule has 0 aliphatic heterocycles. The van der Waals surface area contributed by atoms with Crippen molar-refractivity contribution in [1.29, 1.82) is 0 Å². The van der Waals surface area contributed by atoms with Crippen molar-refractivity contribution in [3.8, 4) is 0 Å². The minimum atomic E-state index is -0.488. The third-order valence-electron chi connectivity index (χ3n) is 10.6. The van der Waals surface area contributed by atoms with Crippen molar-refractivity contribution in [2.24, 2.45) is 40.4 Å². The summed E-state index contributed by atoms with van der Waals surface area (Å²) in [6.45, 7) is 8.61. The molecule has 192 valence electrons. The molecule has 0 amide bonds. The van der Waals surface area contributed by atoms with E-state index in [-0.39, 0.29) is 29.9 Å². The monoisotopic (exact) mass is 475 g/mol. The maximum atomic E-state index is 12.5. The van der Waals surface area contributed by atoms with Crippen LogP contribution in [0.15, 0.2) is 0 Å². The minimum Gasteiger partial charge on any atom is -0.457 e. The van der Waals surface area contributed by atoms with Gasteiger partial charge >= 0.3 is 11.9 Å². The topological polar surface area (TPSA) is 72.9 Å². The molecule has 0 spiro atoms. The van der Waals surface area contributed by atoms with Gasteiger partial charge in [-0.25, -0.2) is 4.79 Å². The number of ether oxygens (including phenoxy) is 2. The number of Topliss-reactive ketones (excluding diaryl/α,β-unsaturated/α-hetero) is 1. The van der Waals surface area contributed by atoms with E-state index in [1.807, 2.05) is 0 Å². The normalized spacial score (nSPS) is 43.4. The van der Waals surface area contributed by atoms with Crippen LogP contribution in [-0.2, 0) is 23.9 Å². The molecule has 0 radical (unpaired) electrons.